The lowest BCUT2D eigenvalue weighted by Crippen LogP contribution is -2.19. The number of thiazole rings is 2. The largest absolute Gasteiger partial charge is 0.383 e. The Morgan fingerprint density at radius 2 is 2.07 bits per heavy atom. The van der Waals surface area contributed by atoms with E-state index in [1.165, 1.54) is 34.8 Å². The van der Waals surface area contributed by atoms with Crippen LogP contribution in [0, 0.1) is 10.1 Å². The molecule has 0 radical (unpaired) electrons. The molecular formula is C18H14N4O4S2. The summed E-state index contributed by atoms with van der Waals surface area (Å²) in [6.45, 7) is 0.806. The van der Waals surface area contributed by atoms with Crippen LogP contribution in [0.1, 0.15) is 9.80 Å². The number of non-ortho nitro benzene ring substituents is 1. The molecule has 0 saturated carbocycles. The summed E-state index contributed by atoms with van der Waals surface area (Å²) in [6, 6.07) is 12.1. The summed E-state index contributed by atoms with van der Waals surface area (Å²) in [5.74, 6) is -0.437. The highest BCUT2D eigenvalue weighted by Gasteiger charge is 2.15. The van der Waals surface area contributed by atoms with Crippen molar-refractivity contribution in [2.75, 3.05) is 13.7 Å². The summed E-state index contributed by atoms with van der Waals surface area (Å²) in [7, 11) is 1.57. The molecule has 0 N–H and O–H groups in total. The van der Waals surface area contributed by atoms with Crippen LogP contribution in [-0.4, -0.2) is 34.1 Å². The van der Waals surface area contributed by atoms with Gasteiger partial charge in [-0.3, -0.25) is 14.9 Å². The first-order valence-corrected chi connectivity index (χ1v) is 9.91. The molecule has 4 aromatic rings. The third-order valence-electron chi connectivity index (χ3n) is 4.07. The highest BCUT2D eigenvalue weighted by molar-refractivity contribution is 7.20. The summed E-state index contributed by atoms with van der Waals surface area (Å²) >= 11 is 2.59. The Morgan fingerprint density at radius 3 is 2.82 bits per heavy atom. The van der Waals surface area contributed by atoms with E-state index >= 15 is 0 Å². The monoisotopic (exact) mass is 414 g/mol. The minimum atomic E-state index is -0.444. The van der Waals surface area contributed by atoms with Gasteiger partial charge in [-0.15, -0.1) is 11.3 Å². The second-order valence-electron chi connectivity index (χ2n) is 5.84. The van der Waals surface area contributed by atoms with Crippen molar-refractivity contribution in [2.24, 2.45) is 4.99 Å². The fourth-order valence-corrected chi connectivity index (χ4v) is 4.64. The molecule has 0 fully saturated rings. The Labute approximate surface area is 166 Å². The smallest absolute Gasteiger partial charge is 0.308 e. The molecule has 142 valence electrons. The molecule has 0 aliphatic heterocycles. The number of carbonyl (C=O) groups excluding carboxylic acids is 1. The molecule has 8 nitrogen and oxygen atoms in total. The van der Waals surface area contributed by atoms with Crippen molar-refractivity contribution in [3.63, 3.8) is 0 Å². The molecular weight excluding hydrogens is 400 g/mol. The van der Waals surface area contributed by atoms with E-state index < -0.39 is 10.8 Å². The Morgan fingerprint density at radius 1 is 1.25 bits per heavy atom. The molecule has 0 aliphatic carbocycles. The van der Waals surface area contributed by atoms with Crippen molar-refractivity contribution in [3.8, 4) is 0 Å². The lowest BCUT2D eigenvalue weighted by atomic mass is 10.3. The summed E-state index contributed by atoms with van der Waals surface area (Å²) in [6.07, 6.45) is 0. The van der Waals surface area contributed by atoms with Crippen molar-refractivity contribution >= 4 is 54.7 Å². The first kappa shape index (κ1) is 18.4. The van der Waals surface area contributed by atoms with Crippen molar-refractivity contribution in [3.05, 3.63) is 62.4 Å². The lowest BCUT2D eigenvalue weighted by molar-refractivity contribution is -0.384. The van der Waals surface area contributed by atoms with Gasteiger partial charge in [0.15, 0.2) is 9.81 Å². The number of methoxy groups -OCH3 is 1. The van der Waals surface area contributed by atoms with E-state index in [0.717, 1.165) is 14.9 Å². The molecule has 1 amide bonds. The van der Waals surface area contributed by atoms with Crippen LogP contribution in [-0.2, 0) is 11.3 Å². The summed E-state index contributed by atoms with van der Waals surface area (Å²) in [5, 5.41) is 11.4. The molecule has 0 atom stereocenters. The molecule has 0 bridgehead atoms. The van der Waals surface area contributed by atoms with E-state index in [1.807, 2.05) is 24.3 Å². The molecule has 0 aliphatic rings. The van der Waals surface area contributed by atoms with Crippen LogP contribution in [0.15, 0.2) is 47.5 Å². The third-order valence-corrected chi connectivity index (χ3v) is 6.15. The number of hydrogen-bond donors (Lipinski definition) is 0. The Hall–Kier alpha value is -2.95. The average Bonchev–Trinajstić information content (AvgIpc) is 3.27. The van der Waals surface area contributed by atoms with Crippen LogP contribution in [0.4, 0.5) is 5.69 Å². The Balaban J connectivity index is 1.83. The fraction of sp³-hybridized carbons (Fsp3) is 0.167. The predicted molar refractivity (Wildman–Crippen MR) is 108 cm³/mol. The zero-order valence-corrected chi connectivity index (χ0v) is 16.3. The molecule has 4 rings (SSSR count). The zero-order valence-electron chi connectivity index (χ0n) is 14.7. The quantitative estimate of drug-likeness (QED) is 0.367. The molecule has 0 spiro atoms. The number of rotatable bonds is 5. The van der Waals surface area contributed by atoms with Crippen molar-refractivity contribution in [1.29, 1.82) is 0 Å². The van der Waals surface area contributed by atoms with Gasteiger partial charge in [0.25, 0.3) is 5.69 Å². The first-order valence-electron chi connectivity index (χ1n) is 8.28. The second kappa shape index (κ2) is 7.58. The van der Waals surface area contributed by atoms with E-state index in [-0.39, 0.29) is 5.69 Å². The van der Waals surface area contributed by atoms with Crippen LogP contribution in [0.3, 0.4) is 0 Å². The number of nitro benzene ring substituents is 1. The molecule has 28 heavy (non-hydrogen) atoms. The van der Waals surface area contributed by atoms with E-state index in [2.05, 4.69) is 9.98 Å². The number of fused-ring (bicyclic) bond motifs is 2. The number of benzene rings is 2. The first-order chi connectivity index (χ1) is 13.6. The van der Waals surface area contributed by atoms with Crippen LogP contribution in [0.2, 0.25) is 0 Å². The Kier molecular flexibility index (Phi) is 4.99. The van der Waals surface area contributed by atoms with E-state index in [9.17, 15) is 14.9 Å². The maximum atomic E-state index is 12.7. The van der Waals surface area contributed by atoms with Crippen LogP contribution in [0.5, 0.6) is 0 Å². The van der Waals surface area contributed by atoms with Gasteiger partial charge in [0.2, 0.25) is 0 Å². The molecule has 0 saturated heterocycles. The van der Waals surface area contributed by atoms with Gasteiger partial charge in [-0.25, -0.2) is 4.98 Å². The van der Waals surface area contributed by atoms with Crippen molar-refractivity contribution in [2.45, 2.75) is 6.54 Å². The highest BCUT2D eigenvalue weighted by atomic mass is 32.1. The molecule has 10 heteroatoms. The van der Waals surface area contributed by atoms with Gasteiger partial charge in [0.05, 0.1) is 32.0 Å². The average molecular weight is 414 g/mol. The highest BCUT2D eigenvalue weighted by Crippen LogP contribution is 2.24. The zero-order chi connectivity index (χ0) is 19.7. The van der Waals surface area contributed by atoms with Gasteiger partial charge >= 0.3 is 5.91 Å². The van der Waals surface area contributed by atoms with Crippen LogP contribution >= 0.6 is 22.7 Å². The maximum absolute atomic E-state index is 12.7. The number of carbonyl (C=O) groups is 1. The summed E-state index contributed by atoms with van der Waals surface area (Å²) < 4.78 is 8.63. The molecule has 2 aromatic heterocycles. The van der Waals surface area contributed by atoms with Crippen molar-refractivity contribution < 1.29 is 14.5 Å². The third kappa shape index (κ3) is 3.44. The Bertz CT molecular complexity index is 1240. The normalized spacial score (nSPS) is 12.1. The van der Waals surface area contributed by atoms with E-state index in [4.69, 9.17) is 4.74 Å². The molecule has 2 aromatic carbocycles. The van der Waals surface area contributed by atoms with Gasteiger partial charge in [0, 0.05) is 25.8 Å². The lowest BCUT2D eigenvalue weighted by Gasteiger charge is -2.03. The van der Waals surface area contributed by atoms with Gasteiger partial charge in [-0.1, -0.05) is 23.5 Å². The van der Waals surface area contributed by atoms with Gasteiger partial charge in [0.1, 0.15) is 0 Å². The number of nitrogens with zero attached hydrogens (tertiary/aromatic N) is 4. The fourth-order valence-electron chi connectivity index (χ4n) is 2.75. The van der Waals surface area contributed by atoms with Crippen LogP contribution < -0.4 is 4.80 Å². The maximum Gasteiger partial charge on any atom is 0.308 e. The van der Waals surface area contributed by atoms with Gasteiger partial charge in [-0.05, 0) is 18.2 Å². The number of para-hydroxylation sites is 1. The second-order valence-corrected chi connectivity index (χ2v) is 7.88. The van der Waals surface area contributed by atoms with E-state index in [1.54, 1.807) is 17.7 Å². The topological polar surface area (TPSA) is 99.6 Å². The number of hydrogen-bond acceptors (Lipinski definition) is 7. The summed E-state index contributed by atoms with van der Waals surface area (Å²) in [5.41, 5.74) is 1.39. The predicted octanol–water partition coefficient (Wildman–Crippen LogP) is 3.61. The van der Waals surface area contributed by atoms with E-state index in [0.29, 0.717) is 28.5 Å². The number of nitro groups is 1. The van der Waals surface area contributed by atoms with Crippen LogP contribution in [0.25, 0.3) is 20.4 Å². The standard InChI is InChI=1S/C18H14N4O4S2/c1-26-9-8-21-13-10-11(22(24)25)6-7-15(13)28-18(21)20-16(23)17-19-12-4-2-3-5-14(12)27-17/h2-7,10H,8-9H2,1H3. The van der Waals surface area contributed by atoms with Crippen molar-refractivity contribution in [1.82, 2.24) is 9.55 Å². The van der Waals surface area contributed by atoms with Gasteiger partial charge in [-0.2, -0.15) is 4.99 Å². The number of amides is 1. The van der Waals surface area contributed by atoms with Gasteiger partial charge < -0.3 is 9.30 Å². The number of ether oxygens (including phenoxy) is 1. The number of aromatic nitrogens is 2. The summed E-state index contributed by atoms with van der Waals surface area (Å²) in [4.78, 5) is 32.4. The minimum absolute atomic E-state index is 0.0134. The minimum Gasteiger partial charge on any atom is -0.383 e. The molecule has 0 unspecified atom stereocenters. The SMILES string of the molecule is COCCn1c(=NC(=O)c2nc3ccccc3s2)sc2ccc([N+](=O)[O-])cc21. The molecule has 2 heterocycles.